The molecule has 0 aliphatic carbocycles. The maximum atomic E-state index is 11.3. The van der Waals surface area contributed by atoms with Crippen molar-refractivity contribution in [3.8, 4) is 0 Å². The molecule has 2 heterocycles. The van der Waals surface area contributed by atoms with E-state index in [9.17, 15) is 4.79 Å². The van der Waals surface area contributed by atoms with Gasteiger partial charge in [-0.05, 0) is 12.1 Å². The molecule has 0 N–H and O–H groups in total. The summed E-state index contributed by atoms with van der Waals surface area (Å²) in [5, 5.41) is 0.431. The van der Waals surface area contributed by atoms with Crippen molar-refractivity contribution in [1.29, 1.82) is 0 Å². The smallest absolute Gasteiger partial charge is 0.374 e. The molecule has 0 radical (unpaired) electrons. The van der Waals surface area contributed by atoms with Gasteiger partial charge in [-0.15, -0.1) is 0 Å². The second-order valence-electron chi connectivity index (χ2n) is 2.68. The number of aromatic nitrogens is 2. The minimum absolute atomic E-state index is 0.188. The molecule has 0 saturated heterocycles. The number of carbonyl (C=O) groups excluding carboxylic acids is 1. The molecule has 0 aromatic carbocycles. The van der Waals surface area contributed by atoms with Gasteiger partial charge in [-0.3, -0.25) is 4.40 Å². The minimum atomic E-state index is -0.502. The highest BCUT2D eigenvalue weighted by atomic mass is 35.5. The van der Waals surface area contributed by atoms with Gasteiger partial charge >= 0.3 is 5.97 Å². The first-order valence-electron chi connectivity index (χ1n) is 3.94. The summed E-state index contributed by atoms with van der Waals surface area (Å²) < 4.78 is 6.11. The predicted molar refractivity (Wildman–Crippen MR) is 51.5 cm³/mol. The molecule has 0 spiro atoms. The van der Waals surface area contributed by atoms with E-state index in [0.717, 1.165) is 5.52 Å². The zero-order valence-corrected chi connectivity index (χ0v) is 8.15. The molecule has 0 bridgehead atoms. The van der Waals surface area contributed by atoms with Crippen molar-refractivity contribution in [3.63, 3.8) is 0 Å². The Balaban J connectivity index is 2.73. The van der Waals surface area contributed by atoms with Crippen LogP contribution in [0.2, 0.25) is 5.15 Å². The van der Waals surface area contributed by atoms with E-state index in [1.54, 1.807) is 18.3 Å². The van der Waals surface area contributed by atoms with E-state index in [2.05, 4.69) is 9.72 Å². The Kier molecular flexibility index (Phi) is 2.13. The molecule has 2 aromatic heterocycles. The molecule has 0 atom stereocenters. The Morgan fingerprint density at radius 2 is 2.36 bits per heavy atom. The van der Waals surface area contributed by atoms with E-state index in [0.29, 0.717) is 5.15 Å². The second-order valence-corrected chi connectivity index (χ2v) is 3.07. The Bertz CT molecular complexity index is 493. The highest BCUT2D eigenvalue weighted by molar-refractivity contribution is 6.30. The van der Waals surface area contributed by atoms with Crippen molar-refractivity contribution in [3.05, 3.63) is 35.4 Å². The number of halogens is 1. The molecule has 2 aromatic rings. The first-order chi connectivity index (χ1) is 6.74. The molecule has 14 heavy (non-hydrogen) atoms. The molecule has 72 valence electrons. The third kappa shape index (κ3) is 1.24. The molecule has 4 nitrogen and oxygen atoms in total. The van der Waals surface area contributed by atoms with Gasteiger partial charge in [0.2, 0.25) is 5.82 Å². The largest absolute Gasteiger partial charge is 0.463 e. The van der Waals surface area contributed by atoms with Gasteiger partial charge in [-0.2, -0.15) is 0 Å². The van der Waals surface area contributed by atoms with Crippen LogP contribution in [0.4, 0.5) is 0 Å². The van der Waals surface area contributed by atoms with E-state index >= 15 is 0 Å². The average molecular weight is 211 g/mol. The van der Waals surface area contributed by atoms with Crippen LogP contribution in [0.3, 0.4) is 0 Å². The third-order valence-electron chi connectivity index (χ3n) is 1.87. The Morgan fingerprint density at radius 1 is 1.57 bits per heavy atom. The molecular weight excluding hydrogens is 204 g/mol. The van der Waals surface area contributed by atoms with E-state index < -0.39 is 5.97 Å². The molecule has 2 rings (SSSR count). The standard InChI is InChI=1S/C9H7ClN2O2/c1-14-9(13)8-11-5-6-3-2-4-7(10)12(6)8/h2-5H,1H3. The summed E-state index contributed by atoms with van der Waals surface area (Å²) in [6, 6.07) is 5.29. The van der Waals surface area contributed by atoms with Crippen LogP contribution < -0.4 is 0 Å². The fourth-order valence-corrected chi connectivity index (χ4v) is 1.49. The highest BCUT2D eigenvalue weighted by Gasteiger charge is 2.14. The number of imidazole rings is 1. The number of carbonyl (C=O) groups is 1. The third-order valence-corrected chi connectivity index (χ3v) is 2.17. The number of rotatable bonds is 1. The summed E-state index contributed by atoms with van der Waals surface area (Å²) in [7, 11) is 1.31. The average Bonchev–Trinajstić information content (AvgIpc) is 2.62. The van der Waals surface area contributed by atoms with Gasteiger partial charge < -0.3 is 4.74 Å². The molecule has 0 aliphatic rings. The molecular formula is C9H7ClN2O2. The van der Waals surface area contributed by atoms with Crippen LogP contribution in [0.25, 0.3) is 5.52 Å². The summed E-state index contributed by atoms with van der Waals surface area (Å²) >= 11 is 5.92. The normalized spacial score (nSPS) is 10.4. The van der Waals surface area contributed by atoms with Crippen LogP contribution in [0.1, 0.15) is 10.6 Å². The van der Waals surface area contributed by atoms with Crippen molar-refractivity contribution in [2.24, 2.45) is 0 Å². The number of pyridine rings is 1. The van der Waals surface area contributed by atoms with Crippen LogP contribution in [-0.4, -0.2) is 22.5 Å². The second kappa shape index (κ2) is 3.31. The maximum absolute atomic E-state index is 11.3. The Hall–Kier alpha value is -1.55. The lowest BCUT2D eigenvalue weighted by Gasteiger charge is -2.00. The van der Waals surface area contributed by atoms with Crippen LogP contribution in [0.5, 0.6) is 0 Å². The Morgan fingerprint density at radius 3 is 3.07 bits per heavy atom. The van der Waals surface area contributed by atoms with Gasteiger partial charge in [0.1, 0.15) is 5.15 Å². The van der Waals surface area contributed by atoms with Gasteiger partial charge in [0.15, 0.2) is 0 Å². The fourth-order valence-electron chi connectivity index (χ4n) is 1.24. The summed E-state index contributed by atoms with van der Waals surface area (Å²) in [6.45, 7) is 0. The lowest BCUT2D eigenvalue weighted by atomic mass is 10.4. The van der Waals surface area contributed by atoms with E-state index in [1.165, 1.54) is 11.5 Å². The topological polar surface area (TPSA) is 43.6 Å². The van der Waals surface area contributed by atoms with Gasteiger partial charge in [0.05, 0.1) is 18.8 Å². The number of ether oxygens (including phenoxy) is 1. The first-order valence-corrected chi connectivity index (χ1v) is 4.32. The maximum Gasteiger partial charge on any atom is 0.374 e. The van der Waals surface area contributed by atoms with Crippen molar-refractivity contribution < 1.29 is 9.53 Å². The van der Waals surface area contributed by atoms with Gasteiger partial charge in [0, 0.05) is 0 Å². The monoisotopic (exact) mass is 210 g/mol. The van der Waals surface area contributed by atoms with Crippen molar-refractivity contribution in [1.82, 2.24) is 9.38 Å². The quantitative estimate of drug-likeness (QED) is 0.532. The molecule has 0 fully saturated rings. The summed E-state index contributed by atoms with van der Waals surface area (Å²) in [5.41, 5.74) is 0.762. The molecule has 5 heteroatoms. The van der Waals surface area contributed by atoms with Crippen LogP contribution in [0.15, 0.2) is 24.4 Å². The molecule has 0 aliphatic heterocycles. The number of esters is 1. The van der Waals surface area contributed by atoms with Crippen LogP contribution >= 0.6 is 11.6 Å². The van der Waals surface area contributed by atoms with Crippen molar-refractivity contribution in [2.75, 3.05) is 7.11 Å². The number of fused-ring (bicyclic) bond motifs is 1. The first kappa shape index (κ1) is 9.02. The summed E-state index contributed by atoms with van der Waals surface area (Å²) in [6.07, 6.45) is 1.57. The van der Waals surface area contributed by atoms with E-state index in [-0.39, 0.29) is 5.82 Å². The number of nitrogens with zero attached hydrogens (tertiary/aromatic N) is 2. The summed E-state index contributed by atoms with van der Waals surface area (Å²) in [5.74, 6) is -0.314. The number of methoxy groups -OCH3 is 1. The van der Waals surface area contributed by atoms with Gasteiger partial charge in [-0.1, -0.05) is 17.7 Å². The van der Waals surface area contributed by atoms with Crippen molar-refractivity contribution >= 4 is 23.1 Å². The number of hydrogen-bond donors (Lipinski definition) is 0. The van der Waals surface area contributed by atoms with Crippen molar-refractivity contribution in [2.45, 2.75) is 0 Å². The Labute approximate surface area is 85.1 Å². The summed E-state index contributed by atoms with van der Waals surface area (Å²) in [4.78, 5) is 15.2. The van der Waals surface area contributed by atoms with Crippen LogP contribution in [-0.2, 0) is 4.74 Å². The predicted octanol–water partition coefficient (Wildman–Crippen LogP) is 1.77. The molecule has 0 unspecified atom stereocenters. The zero-order chi connectivity index (χ0) is 10.1. The van der Waals surface area contributed by atoms with Gasteiger partial charge in [0.25, 0.3) is 0 Å². The SMILES string of the molecule is COC(=O)c1ncc2cccc(Cl)n12. The molecule has 0 amide bonds. The molecule has 0 saturated carbocycles. The number of hydrogen-bond acceptors (Lipinski definition) is 3. The highest BCUT2D eigenvalue weighted by Crippen LogP contribution is 2.15. The fraction of sp³-hybridized carbons (Fsp3) is 0.111. The zero-order valence-electron chi connectivity index (χ0n) is 7.40. The minimum Gasteiger partial charge on any atom is -0.463 e. The van der Waals surface area contributed by atoms with Gasteiger partial charge in [-0.25, -0.2) is 9.78 Å². The van der Waals surface area contributed by atoms with E-state index in [4.69, 9.17) is 11.6 Å². The lowest BCUT2D eigenvalue weighted by Crippen LogP contribution is -2.07. The van der Waals surface area contributed by atoms with E-state index in [1.807, 2.05) is 6.07 Å². The lowest BCUT2D eigenvalue weighted by molar-refractivity contribution is 0.0586. The van der Waals surface area contributed by atoms with Crippen LogP contribution in [0, 0.1) is 0 Å².